The van der Waals surface area contributed by atoms with E-state index in [1.807, 2.05) is 0 Å². The molecule has 0 aromatic carbocycles. The molecule has 0 aliphatic heterocycles. The van der Waals surface area contributed by atoms with Crippen LogP contribution in [0.25, 0.3) is 0 Å². The molecule has 6 nitrogen and oxygen atoms in total. The lowest BCUT2D eigenvalue weighted by molar-refractivity contribution is 0.0362. The zero-order valence-corrected chi connectivity index (χ0v) is 10.6. The largest absolute Gasteiger partial charge is 0.389 e. The number of hydrogen-bond acceptors (Lipinski definition) is 5. The molecule has 96 valence electrons. The van der Waals surface area contributed by atoms with Crippen LogP contribution in [-0.4, -0.2) is 47.4 Å². The van der Waals surface area contributed by atoms with E-state index in [2.05, 4.69) is 5.16 Å². The molecule has 6 heteroatoms. The summed E-state index contributed by atoms with van der Waals surface area (Å²) in [6.45, 7) is 3.76. The van der Waals surface area contributed by atoms with Crippen molar-refractivity contribution in [1.29, 1.82) is 0 Å². The molecule has 1 rings (SSSR count). The summed E-state index contributed by atoms with van der Waals surface area (Å²) in [5, 5.41) is 13.3. The lowest BCUT2D eigenvalue weighted by atomic mass is 10.1. The fourth-order valence-corrected chi connectivity index (χ4v) is 1.47. The number of hydrogen-bond donors (Lipinski definition) is 1. The first kappa shape index (κ1) is 13.7. The second-order valence-electron chi connectivity index (χ2n) is 4.59. The number of ether oxygens (including phenoxy) is 1. The first-order valence-electron chi connectivity index (χ1n) is 5.26. The van der Waals surface area contributed by atoms with E-state index in [0.29, 0.717) is 5.76 Å². The Labute approximate surface area is 100 Å². The number of aliphatic hydroxyl groups is 1. The Balaban J connectivity index is 2.68. The molecule has 17 heavy (non-hydrogen) atoms. The normalized spacial score (nSPS) is 11.6. The summed E-state index contributed by atoms with van der Waals surface area (Å²) in [5.41, 5.74) is -0.729. The van der Waals surface area contributed by atoms with Gasteiger partial charge in [0.25, 0.3) is 5.91 Å². The number of amides is 1. The SMILES string of the molecule is COCc1cc(C(=O)N(C)CC(C)(C)O)no1. The summed E-state index contributed by atoms with van der Waals surface area (Å²) in [4.78, 5) is 13.3. The van der Waals surface area contributed by atoms with Gasteiger partial charge in [-0.2, -0.15) is 0 Å². The molecule has 1 N–H and O–H groups in total. The molecule has 1 aromatic rings. The van der Waals surface area contributed by atoms with Gasteiger partial charge in [0.05, 0.1) is 5.60 Å². The average Bonchev–Trinajstić information content (AvgIpc) is 2.63. The van der Waals surface area contributed by atoms with Gasteiger partial charge >= 0.3 is 0 Å². The predicted molar refractivity (Wildman–Crippen MR) is 60.5 cm³/mol. The first-order valence-corrected chi connectivity index (χ1v) is 5.26. The van der Waals surface area contributed by atoms with Crippen molar-refractivity contribution >= 4 is 5.91 Å². The minimum absolute atomic E-state index is 0.212. The second-order valence-corrected chi connectivity index (χ2v) is 4.59. The van der Waals surface area contributed by atoms with Crippen molar-refractivity contribution in [3.63, 3.8) is 0 Å². The number of carbonyl (C=O) groups is 1. The lowest BCUT2D eigenvalue weighted by Gasteiger charge is -2.24. The van der Waals surface area contributed by atoms with Crippen molar-refractivity contribution in [3.8, 4) is 0 Å². The molecule has 1 amide bonds. The monoisotopic (exact) mass is 242 g/mol. The van der Waals surface area contributed by atoms with Gasteiger partial charge in [0.1, 0.15) is 6.61 Å². The minimum atomic E-state index is -0.941. The molecule has 1 heterocycles. The van der Waals surface area contributed by atoms with Crippen LogP contribution in [0.3, 0.4) is 0 Å². The molecule has 0 fully saturated rings. The molecule has 0 aliphatic carbocycles. The molecule has 0 aliphatic rings. The number of carbonyl (C=O) groups excluding carboxylic acids is 1. The van der Waals surface area contributed by atoms with Crippen molar-refractivity contribution in [2.75, 3.05) is 20.7 Å². The average molecular weight is 242 g/mol. The first-order chi connectivity index (χ1) is 7.83. The third-order valence-corrected chi connectivity index (χ3v) is 2.04. The lowest BCUT2D eigenvalue weighted by Crippen LogP contribution is -2.39. The molecule has 0 radical (unpaired) electrons. The molecular formula is C11H18N2O4. The fraction of sp³-hybridized carbons (Fsp3) is 0.636. The number of likely N-dealkylation sites (N-methyl/N-ethyl adjacent to an activating group) is 1. The maximum absolute atomic E-state index is 11.9. The van der Waals surface area contributed by atoms with E-state index in [-0.39, 0.29) is 24.8 Å². The Morgan fingerprint density at radius 1 is 1.65 bits per heavy atom. The Bertz CT molecular complexity index is 381. The molecule has 0 unspecified atom stereocenters. The van der Waals surface area contributed by atoms with Gasteiger partial charge in [-0.1, -0.05) is 5.16 Å². The van der Waals surface area contributed by atoms with Crippen molar-refractivity contribution in [1.82, 2.24) is 10.1 Å². The van der Waals surface area contributed by atoms with Crippen LogP contribution in [0.1, 0.15) is 30.1 Å². The molecule has 0 atom stereocenters. The van der Waals surface area contributed by atoms with E-state index < -0.39 is 5.60 Å². The number of nitrogens with zero attached hydrogens (tertiary/aromatic N) is 2. The molecule has 0 saturated carbocycles. The summed E-state index contributed by atoms with van der Waals surface area (Å²) in [6.07, 6.45) is 0. The highest BCUT2D eigenvalue weighted by atomic mass is 16.5. The number of rotatable bonds is 5. The van der Waals surface area contributed by atoms with E-state index in [4.69, 9.17) is 9.26 Å². The maximum Gasteiger partial charge on any atom is 0.275 e. The van der Waals surface area contributed by atoms with E-state index in [1.165, 1.54) is 18.1 Å². The van der Waals surface area contributed by atoms with Gasteiger partial charge < -0.3 is 19.3 Å². The Hall–Kier alpha value is -1.40. The van der Waals surface area contributed by atoms with E-state index in [9.17, 15) is 9.90 Å². The van der Waals surface area contributed by atoms with Crippen molar-refractivity contribution < 1.29 is 19.2 Å². The van der Waals surface area contributed by atoms with Crippen LogP contribution < -0.4 is 0 Å². The highest BCUT2D eigenvalue weighted by Crippen LogP contribution is 2.10. The third kappa shape index (κ3) is 4.16. The molecule has 0 saturated heterocycles. The van der Waals surface area contributed by atoms with Gasteiger partial charge in [-0.05, 0) is 13.8 Å². The summed E-state index contributed by atoms with van der Waals surface area (Å²) >= 11 is 0. The summed E-state index contributed by atoms with van der Waals surface area (Å²) in [5.74, 6) is 0.200. The number of aromatic nitrogens is 1. The summed E-state index contributed by atoms with van der Waals surface area (Å²) in [6, 6.07) is 1.53. The quantitative estimate of drug-likeness (QED) is 0.821. The maximum atomic E-state index is 11.9. The predicted octanol–water partition coefficient (Wildman–Crippen LogP) is 0.664. The fourth-order valence-electron chi connectivity index (χ4n) is 1.47. The van der Waals surface area contributed by atoms with Crippen LogP contribution in [0.4, 0.5) is 0 Å². The van der Waals surface area contributed by atoms with Gasteiger partial charge in [-0.3, -0.25) is 4.79 Å². The molecule has 0 bridgehead atoms. The topological polar surface area (TPSA) is 75.8 Å². The van der Waals surface area contributed by atoms with E-state index >= 15 is 0 Å². The van der Waals surface area contributed by atoms with Crippen molar-refractivity contribution in [2.24, 2.45) is 0 Å². The van der Waals surface area contributed by atoms with Crippen LogP contribution in [0.2, 0.25) is 0 Å². The smallest absolute Gasteiger partial charge is 0.275 e. The zero-order valence-electron chi connectivity index (χ0n) is 10.6. The van der Waals surface area contributed by atoms with Crippen LogP contribution in [0.15, 0.2) is 10.6 Å². The number of methoxy groups -OCH3 is 1. The zero-order chi connectivity index (χ0) is 13.1. The molecule has 0 spiro atoms. The third-order valence-electron chi connectivity index (χ3n) is 2.04. The minimum Gasteiger partial charge on any atom is -0.389 e. The highest BCUT2D eigenvalue weighted by molar-refractivity contribution is 5.92. The van der Waals surface area contributed by atoms with Gasteiger partial charge in [0.2, 0.25) is 0 Å². The highest BCUT2D eigenvalue weighted by Gasteiger charge is 2.22. The van der Waals surface area contributed by atoms with Crippen LogP contribution >= 0.6 is 0 Å². The van der Waals surface area contributed by atoms with Crippen LogP contribution in [0.5, 0.6) is 0 Å². The van der Waals surface area contributed by atoms with E-state index in [0.717, 1.165) is 0 Å². The van der Waals surface area contributed by atoms with Crippen LogP contribution in [0, 0.1) is 0 Å². The van der Waals surface area contributed by atoms with E-state index in [1.54, 1.807) is 20.9 Å². The van der Waals surface area contributed by atoms with Gasteiger partial charge in [-0.25, -0.2) is 0 Å². The summed E-state index contributed by atoms with van der Waals surface area (Å²) < 4.78 is 9.78. The Kier molecular flexibility index (Phi) is 4.25. The van der Waals surface area contributed by atoms with Crippen LogP contribution in [-0.2, 0) is 11.3 Å². The Morgan fingerprint density at radius 2 is 2.29 bits per heavy atom. The molecule has 1 aromatic heterocycles. The second kappa shape index (κ2) is 5.29. The van der Waals surface area contributed by atoms with Gasteiger partial charge in [0, 0.05) is 26.8 Å². The standard InChI is InChI=1S/C11H18N2O4/c1-11(2,15)7-13(3)10(14)9-5-8(6-16-4)17-12-9/h5,15H,6-7H2,1-4H3. The van der Waals surface area contributed by atoms with Crippen molar-refractivity contribution in [3.05, 3.63) is 17.5 Å². The molecular weight excluding hydrogens is 224 g/mol. The van der Waals surface area contributed by atoms with Gasteiger partial charge in [0.15, 0.2) is 11.5 Å². The summed E-state index contributed by atoms with van der Waals surface area (Å²) in [7, 11) is 3.13. The van der Waals surface area contributed by atoms with Gasteiger partial charge in [-0.15, -0.1) is 0 Å². The van der Waals surface area contributed by atoms with Crippen molar-refractivity contribution in [2.45, 2.75) is 26.1 Å². The Morgan fingerprint density at radius 3 is 2.82 bits per heavy atom.